The molecule has 0 radical (unpaired) electrons. The Labute approximate surface area is 114 Å². The van der Waals surface area contributed by atoms with Crippen LogP contribution in [0, 0.1) is 12.8 Å². The highest BCUT2D eigenvalue weighted by Gasteiger charge is 2.16. The number of hydrogen-bond acceptors (Lipinski definition) is 1. The Kier molecular flexibility index (Phi) is 3.93. The lowest BCUT2D eigenvalue weighted by molar-refractivity contribution is -0.124. The highest BCUT2D eigenvalue weighted by molar-refractivity contribution is 5.84. The molecule has 3 heteroatoms. The molecule has 1 amide bonds. The number of hydrogen-bond donors (Lipinski definition) is 1. The molecule has 0 aliphatic rings. The highest BCUT2D eigenvalue weighted by atomic mass is 16.1. The molecule has 102 valence electrons. The van der Waals surface area contributed by atoms with E-state index in [4.69, 9.17) is 0 Å². The summed E-state index contributed by atoms with van der Waals surface area (Å²) in [4.78, 5) is 11.8. The van der Waals surface area contributed by atoms with Gasteiger partial charge in [-0.25, -0.2) is 0 Å². The first-order chi connectivity index (χ1) is 9.06. The Morgan fingerprint density at radius 2 is 2.16 bits per heavy atom. The fraction of sp³-hybridized carbons (Fsp3) is 0.438. The number of benzene rings is 1. The molecule has 0 saturated carbocycles. The van der Waals surface area contributed by atoms with Crippen molar-refractivity contribution in [3.8, 4) is 0 Å². The number of rotatable bonds is 4. The van der Waals surface area contributed by atoms with Crippen molar-refractivity contribution in [1.29, 1.82) is 0 Å². The van der Waals surface area contributed by atoms with Crippen molar-refractivity contribution in [3.05, 3.63) is 35.5 Å². The molecule has 1 heterocycles. The summed E-state index contributed by atoms with van der Waals surface area (Å²) >= 11 is 0. The summed E-state index contributed by atoms with van der Waals surface area (Å²) in [6.45, 7) is 4.19. The van der Waals surface area contributed by atoms with E-state index in [9.17, 15) is 4.79 Å². The molecule has 0 spiro atoms. The second-order valence-electron chi connectivity index (χ2n) is 5.20. The second kappa shape index (κ2) is 5.47. The maximum Gasteiger partial charge on any atom is 0.223 e. The molecule has 2 aromatic rings. The summed E-state index contributed by atoms with van der Waals surface area (Å²) in [5.41, 5.74) is 3.76. The van der Waals surface area contributed by atoms with Crippen molar-refractivity contribution in [1.82, 2.24) is 9.88 Å². The zero-order valence-corrected chi connectivity index (χ0v) is 12.2. The average molecular weight is 258 g/mol. The van der Waals surface area contributed by atoms with Crippen molar-refractivity contribution >= 4 is 16.8 Å². The van der Waals surface area contributed by atoms with E-state index in [1.165, 1.54) is 22.0 Å². The third-order valence-corrected chi connectivity index (χ3v) is 3.85. The smallest absolute Gasteiger partial charge is 0.223 e. The Morgan fingerprint density at radius 3 is 2.79 bits per heavy atom. The number of aromatic nitrogens is 1. The summed E-state index contributed by atoms with van der Waals surface area (Å²) in [7, 11) is 3.77. The molecule has 0 aliphatic heterocycles. The van der Waals surface area contributed by atoms with Crippen LogP contribution in [0.25, 0.3) is 10.9 Å². The van der Waals surface area contributed by atoms with E-state index < -0.39 is 0 Å². The molecule has 0 fully saturated rings. The van der Waals surface area contributed by atoms with Gasteiger partial charge in [-0.1, -0.05) is 13.0 Å². The third-order valence-electron chi connectivity index (χ3n) is 3.85. The van der Waals surface area contributed by atoms with Crippen LogP contribution in [-0.2, 0) is 18.3 Å². The first-order valence-electron chi connectivity index (χ1n) is 6.83. The van der Waals surface area contributed by atoms with Crippen molar-refractivity contribution in [2.75, 3.05) is 7.05 Å². The standard InChI is InChI=1S/C16H22N2O/c1-5-13(16(19)17-3)8-12-6-7-15-14(9-12)11(2)10-18(15)4/h6-7,9-10,13H,5,8H2,1-4H3,(H,17,19). The highest BCUT2D eigenvalue weighted by Crippen LogP contribution is 2.23. The minimum absolute atomic E-state index is 0.0615. The molecule has 0 bridgehead atoms. The van der Waals surface area contributed by atoms with E-state index in [-0.39, 0.29) is 11.8 Å². The van der Waals surface area contributed by atoms with Crippen LogP contribution in [0.1, 0.15) is 24.5 Å². The summed E-state index contributed by atoms with van der Waals surface area (Å²) in [5, 5.41) is 4.03. The number of nitrogens with one attached hydrogen (secondary N) is 1. The van der Waals surface area contributed by atoms with Crippen LogP contribution in [-0.4, -0.2) is 17.5 Å². The van der Waals surface area contributed by atoms with E-state index in [0.717, 1.165) is 12.8 Å². The van der Waals surface area contributed by atoms with Crippen molar-refractivity contribution in [3.63, 3.8) is 0 Å². The van der Waals surface area contributed by atoms with E-state index in [1.807, 2.05) is 0 Å². The predicted molar refractivity (Wildman–Crippen MR) is 79.2 cm³/mol. The van der Waals surface area contributed by atoms with Gasteiger partial charge in [-0.2, -0.15) is 0 Å². The second-order valence-corrected chi connectivity index (χ2v) is 5.20. The Bertz CT molecular complexity index is 598. The van der Waals surface area contributed by atoms with Crippen LogP contribution in [0.3, 0.4) is 0 Å². The van der Waals surface area contributed by atoms with Gasteiger partial charge < -0.3 is 9.88 Å². The largest absolute Gasteiger partial charge is 0.359 e. The summed E-state index contributed by atoms with van der Waals surface area (Å²) in [6, 6.07) is 6.50. The Balaban J connectivity index is 2.30. The number of amides is 1. The van der Waals surface area contributed by atoms with Gasteiger partial charge in [0.1, 0.15) is 0 Å². The molecule has 19 heavy (non-hydrogen) atoms. The molecule has 1 unspecified atom stereocenters. The fourth-order valence-corrected chi connectivity index (χ4v) is 2.67. The number of carbonyl (C=O) groups excluding carboxylic acids is 1. The molecule has 0 saturated heterocycles. The zero-order chi connectivity index (χ0) is 14.0. The molecule has 1 atom stereocenters. The maximum atomic E-state index is 11.8. The molecule has 1 aromatic carbocycles. The average Bonchev–Trinajstić information content (AvgIpc) is 2.70. The number of fused-ring (bicyclic) bond motifs is 1. The van der Waals surface area contributed by atoms with E-state index >= 15 is 0 Å². The Morgan fingerprint density at radius 1 is 1.42 bits per heavy atom. The monoisotopic (exact) mass is 258 g/mol. The van der Waals surface area contributed by atoms with Crippen LogP contribution < -0.4 is 5.32 Å². The molecule has 1 N–H and O–H groups in total. The first kappa shape index (κ1) is 13.7. The number of carbonyl (C=O) groups is 1. The first-order valence-corrected chi connectivity index (χ1v) is 6.83. The SMILES string of the molecule is CCC(Cc1ccc2c(c1)c(C)cn2C)C(=O)NC. The van der Waals surface area contributed by atoms with Gasteiger partial charge in [0.25, 0.3) is 0 Å². The minimum atomic E-state index is 0.0615. The lowest BCUT2D eigenvalue weighted by Gasteiger charge is -2.13. The maximum absolute atomic E-state index is 11.8. The van der Waals surface area contributed by atoms with Gasteiger partial charge in [-0.3, -0.25) is 4.79 Å². The molecule has 0 aliphatic carbocycles. The van der Waals surface area contributed by atoms with Crippen LogP contribution in [0.4, 0.5) is 0 Å². The van der Waals surface area contributed by atoms with E-state index in [1.54, 1.807) is 7.05 Å². The van der Waals surface area contributed by atoms with E-state index in [2.05, 4.69) is 55.2 Å². The van der Waals surface area contributed by atoms with Gasteiger partial charge in [0.05, 0.1) is 0 Å². The molecule has 3 nitrogen and oxygen atoms in total. The van der Waals surface area contributed by atoms with Crippen LogP contribution in [0.2, 0.25) is 0 Å². The normalized spacial score (nSPS) is 12.6. The zero-order valence-electron chi connectivity index (χ0n) is 12.2. The lowest BCUT2D eigenvalue weighted by Crippen LogP contribution is -2.28. The molecular formula is C16H22N2O. The number of nitrogens with zero attached hydrogens (tertiary/aromatic N) is 1. The lowest BCUT2D eigenvalue weighted by atomic mass is 9.95. The van der Waals surface area contributed by atoms with Crippen molar-refractivity contribution < 1.29 is 4.79 Å². The molecular weight excluding hydrogens is 236 g/mol. The van der Waals surface area contributed by atoms with Crippen molar-refractivity contribution in [2.45, 2.75) is 26.7 Å². The topological polar surface area (TPSA) is 34.0 Å². The van der Waals surface area contributed by atoms with Gasteiger partial charge in [0.2, 0.25) is 5.91 Å². The summed E-state index contributed by atoms with van der Waals surface area (Å²) in [5.74, 6) is 0.193. The van der Waals surface area contributed by atoms with Gasteiger partial charge >= 0.3 is 0 Å². The van der Waals surface area contributed by atoms with Crippen LogP contribution in [0.15, 0.2) is 24.4 Å². The van der Waals surface area contributed by atoms with Gasteiger partial charge in [-0.05, 0) is 43.0 Å². The summed E-state index contributed by atoms with van der Waals surface area (Å²) in [6.07, 6.45) is 3.82. The summed E-state index contributed by atoms with van der Waals surface area (Å²) < 4.78 is 2.14. The van der Waals surface area contributed by atoms with E-state index in [0.29, 0.717) is 0 Å². The van der Waals surface area contributed by atoms with Gasteiger partial charge in [0, 0.05) is 37.1 Å². The van der Waals surface area contributed by atoms with Crippen molar-refractivity contribution in [2.24, 2.45) is 13.0 Å². The predicted octanol–water partition coefficient (Wildman–Crippen LogP) is 2.80. The fourth-order valence-electron chi connectivity index (χ4n) is 2.67. The molecule has 2 rings (SSSR count). The minimum Gasteiger partial charge on any atom is -0.359 e. The van der Waals surface area contributed by atoms with Gasteiger partial charge in [0.15, 0.2) is 0 Å². The van der Waals surface area contributed by atoms with Crippen LogP contribution >= 0.6 is 0 Å². The quantitative estimate of drug-likeness (QED) is 0.899. The third kappa shape index (κ3) is 2.65. The van der Waals surface area contributed by atoms with Gasteiger partial charge in [-0.15, -0.1) is 0 Å². The van der Waals surface area contributed by atoms with Crippen LogP contribution in [0.5, 0.6) is 0 Å². The number of aryl methyl sites for hydroxylation is 2. The molecule has 1 aromatic heterocycles. The Hall–Kier alpha value is -1.77.